The van der Waals surface area contributed by atoms with Crippen LogP contribution in [0.25, 0.3) is 17.0 Å². The Hall–Kier alpha value is -1.50. The van der Waals surface area contributed by atoms with Gasteiger partial charge in [0.25, 0.3) is 0 Å². The molecular weight excluding hydrogens is 353 g/mol. The number of benzene rings is 1. The largest absolute Gasteiger partial charge is 0.365 e. The molecule has 120 valence electrons. The van der Waals surface area contributed by atoms with Crippen molar-refractivity contribution in [2.45, 2.75) is 13.0 Å². The van der Waals surface area contributed by atoms with Crippen LogP contribution in [0.5, 0.6) is 0 Å². The molecule has 1 unspecified atom stereocenters. The first kappa shape index (κ1) is 16.4. The standard InChI is InChI=1S/C15H15Cl2N5S/c1-9(8-23-2)18-13-3-4-14-19-20-15(22(14)21-13)10-5-11(16)7-12(17)6-10/h3-7,9H,8H2,1-2H3,(H,18,21). The quantitative estimate of drug-likeness (QED) is 0.729. The summed E-state index contributed by atoms with van der Waals surface area (Å²) >= 11 is 13.9. The number of anilines is 1. The second-order valence-corrected chi connectivity index (χ2v) is 6.95. The van der Waals surface area contributed by atoms with Crippen molar-refractivity contribution in [2.75, 3.05) is 17.3 Å². The molecule has 1 N–H and O–H groups in total. The number of fused-ring (bicyclic) bond motifs is 1. The van der Waals surface area contributed by atoms with Gasteiger partial charge < -0.3 is 5.32 Å². The van der Waals surface area contributed by atoms with Gasteiger partial charge in [0, 0.05) is 27.4 Å². The Morgan fingerprint density at radius 3 is 2.61 bits per heavy atom. The van der Waals surface area contributed by atoms with Crippen LogP contribution < -0.4 is 5.32 Å². The van der Waals surface area contributed by atoms with E-state index < -0.39 is 0 Å². The first-order valence-electron chi connectivity index (χ1n) is 7.01. The number of rotatable bonds is 5. The minimum atomic E-state index is 0.315. The van der Waals surface area contributed by atoms with E-state index in [-0.39, 0.29) is 0 Å². The van der Waals surface area contributed by atoms with Gasteiger partial charge >= 0.3 is 0 Å². The normalized spacial score (nSPS) is 12.5. The Morgan fingerprint density at radius 1 is 1.17 bits per heavy atom. The van der Waals surface area contributed by atoms with Crippen molar-refractivity contribution >= 4 is 46.4 Å². The van der Waals surface area contributed by atoms with Crippen molar-refractivity contribution in [1.29, 1.82) is 0 Å². The number of thioether (sulfide) groups is 1. The lowest BCUT2D eigenvalue weighted by molar-refractivity contribution is 0.866. The third kappa shape index (κ3) is 3.71. The summed E-state index contributed by atoms with van der Waals surface area (Å²) in [5, 5.41) is 17.4. The molecule has 0 bridgehead atoms. The molecule has 0 saturated carbocycles. The molecule has 0 aliphatic rings. The highest BCUT2D eigenvalue weighted by Crippen LogP contribution is 2.26. The fourth-order valence-corrected chi connectivity index (χ4v) is 3.38. The number of hydrogen-bond acceptors (Lipinski definition) is 5. The fraction of sp³-hybridized carbons (Fsp3) is 0.267. The van der Waals surface area contributed by atoms with E-state index in [9.17, 15) is 0 Å². The van der Waals surface area contributed by atoms with E-state index in [4.69, 9.17) is 23.2 Å². The highest BCUT2D eigenvalue weighted by Gasteiger charge is 2.12. The summed E-state index contributed by atoms with van der Waals surface area (Å²) in [5.41, 5.74) is 1.44. The van der Waals surface area contributed by atoms with Crippen LogP contribution in [-0.2, 0) is 0 Å². The fourth-order valence-electron chi connectivity index (χ4n) is 2.27. The van der Waals surface area contributed by atoms with Gasteiger partial charge in [0.05, 0.1) is 0 Å². The van der Waals surface area contributed by atoms with Gasteiger partial charge in [-0.15, -0.1) is 15.3 Å². The molecule has 0 fully saturated rings. The van der Waals surface area contributed by atoms with E-state index in [0.29, 0.717) is 27.6 Å². The third-order valence-electron chi connectivity index (χ3n) is 3.19. The minimum absolute atomic E-state index is 0.315. The Bertz CT molecular complexity index is 816. The Kier molecular flexibility index (Phi) is 4.94. The second kappa shape index (κ2) is 6.95. The maximum atomic E-state index is 6.08. The van der Waals surface area contributed by atoms with Gasteiger partial charge in [-0.2, -0.15) is 16.3 Å². The topological polar surface area (TPSA) is 55.1 Å². The Morgan fingerprint density at radius 2 is 1.91 bits per heavy atom. The van der Waals surface area contributed by atoms with Crippen molar-refractivity contribution in [3.63, 3.8) is 0 Å². The second-order valence-electron chi connectivity index (χ2n) is 5.17. The molecule has 0 saturated heterocycles. The molecule has 0 spiro atoms. The monoisotopic (exact) mass is 367 g/mol. The molecule has 23 heavy (non-hydrogen) atoms. The molecule has 0 aliphatic heterocycles. The van der Waals surface area contributed by atoms with Crippen molar-refractivity contribution in [1.82, 2.24) is 19.8 Å². The predicted octanol–water partition coefficient (Wildman–Crippen LogP) is 4.26. The molecular formula is C15H15Cl2N5S. The molecule has 1 aromatic carbocycles. The maximum absolute atomic E-state index is 6.08. The minimum Gasteiger partial charge on any atom is -0.365 e. The summed E-state index contributed by atoms with van der Waals surface area (Å²) < 4.78 is 1.69. The SMILES string of the molecule is CSCC(C)Nc1ccc2nnc(-c3cc(Cl)cc(Cl)c3)n2n1. The van der Waals surface area contributed by atoms with Gasteiger partial charge in [-0.1, -0.05) is 23.2 Å². The van der Waals surface area contributed by atoms with Crippen LogP contribution in [0.15, 0.2) is 30.3 Å². The Balaban J connectivity index is 2.01. The van der Waals surface area contributed by atoms with E-state index in [1.165, 1.54) is 0 Å². The van der Waals surface area contributed by atoms with Gasteiger partial charge in [-0.05, 0) is 43.5 Å². The zero-order valence-electron chi connectivity index (χ0n) is 12.6. The van der Waals surface area contributed by atoms with Gasteiger partial charge in [-0.25, -0.2) is 0 Å². The lowest BCUT2D eigenvalue weighted by atomic mass is 10.2. The summed E-state index contributed by atoms with van der Waals surface area (Å²) in [7, 11) is 0. The summed E-state index contributed by atoms with van der Waals surface area (Å²) in [5.74, 6) is 2.37. The molecule has 2 aromatic heterocycles. The predicted molar refractivity (Wildman–Crippen MR) is 97.7 cm³/mol. The van der Waals surface area contributed by atoms with Crippen LogP contribution >= 0.6 is 35.0 Å². The van der Waals surface area contributed by atoms with Gasteiger partial charge in [0.2, 0.25) is 0 Å². The highest BCUT2D eigenvalue weighted by molar-refractivity contribution is 7.98. The van der Waals surface area contributed by atoms with Crippen LogP contribution in [0.2, 0.25) is 10.0 Å². The van der Waals surface area contributed by atoms with Gasteiger partial charge in [-0.3, -0.25) is 0 Å². The van der Waals surface area contributed by atoms with Crippen molar-refractivity contribution in [2.24, 2.45) is 0 Å². The lowest BCUT2D eigenvalue weighted by Crippen LogP contribution is -2.19. The maximum Gasteiger partial charge on any atom is 0.185 e. The van der Waals surface area contributed by atoms with Gasteiger partial charge in [0.15, 0.2) is 11.5 Å². The number of nitrogens with zero attached hydrogens (tertiary/aromatic N) is 4. The first-order valence-corrected chi connectivity index (χ1v) is 9.16. The smallest absolute Gasteiger partial charge is 0.185 e. The van der Waals surface area contributed by atoms with Crippen LogP contribution in [0.4, 0.5) is 5.82 Å². The van der Waals surface area contributed by atoms with E-state index in [1.807, 2.05) is 12.1 Å². The molecule has 3 rings (SSSR count). The lowest BCUT2D eigenvalue weighted by Gasteiger charge is -2.13. The van der Waals surface area contributed by atoms with E-state index in [0.717, 1.165) is 17.1 Å². The summed E-state index contributed by atoms with van der Waals surface area (Å²) in [6.45, 7) is 2.12. The Labute approximate surface area is 148 Å². The number of aromatic nitrogens is 4. The summed E-state index contributed by atoms with van der Waals surface area (Å²) in [4.78, 5) is 0. The van der Waals surface area contributed by atoms with E-state index in [2.05, 4.69) is 33.8 Å². The molecule has 2 heterocycles. The van der Waals surface area contributed by atoms with E-state index >= 15 is 0 Å². The average molecular weight is 368 g/mol. The molecule has 0 amide bonds. The van der Waals surface area contributed by atoms with Gasteiger partial charge in [0.1, 0.15) is 5.82 Å². The zero-order valence-corrected chi connectivity index (χ0v) is 15.0. The van der Waals surface area contributed by atoms with Crippen molar-refractivity contribution in [3.05, 3.63) is 40.4 Å². The van der Waals surface area contributed by atoms with E-state index in [1.54, 1.807) is 34.5 Å². The average Bonchev–Trinajstić information content (AvgIpc) is 2.89. The third-order valence-corrected chi connectivity index (χ3v) is 4.46. The van der Waals surface area contributed by atoms with Crippen molar-refractivity contribution in [3.8, 4) is 11.4 Å². The van der Waals surface area contributed by atoms with Crippen LogP contribution in [-0.4, -0.2) is 37.9 Å². The number of halogens is 2. The number of nitrogens with one attached hydrogen (secondary N) is 1. The van der Waals surface area contributed by atoms with Crippen LogP contribution in [0.3, 0.4) is 0 Å². The number of hydrogen-bond donors (Lipinski definition) is 1. The summed E-state index contributed by atoms with van der Waals surface area (Å²) in [6.07, 6.45) is 2.08. The molecule has 5 nitrogen and oxygen atoms in total. The van der Waals surface area contributed by atoms with Crippen LogP contribution in [0.1, 0.15) is 6.92 Å². The highest BCUT2D eigenvalue weighted by atomic mass is 35.5. The van der Waals surface area contributed by atoms with Crippen LogP contribution in [0, 0.1) is 0 Å². The first-order chi connectivity index (χ1) is 11.1. The molecule has 3 aromatic rings. The molecule has 8 heteroatoms. The molecule has 0 aliphatic carbocycles. The molecule has 1 atom stereocenters. The van der Waals surface area contributed by atoms with Crippen molar-refractivity contribution < 1.29 is 0 Å². The molecule has 0 radical (unpaired) electrons. The zero-order chi connectivity index (χ0) is 16.4. The summed E-state index contributed by atoms with van der Waals surface area (Å²) in [6, 6.07) is 9.36.